The number of aromatic amines is 1. The fourth-order valence-corrected chi connectivity index (χ4v) is 4.59. The van der Waals surface area contributed by atoms with Crippen LogP contribution in [0.1, 0.15) is 41.5 Å². The molecule has 1 N–H and O–H groups in total. The summed E-state index contributed by atoms with van der Waals surface area (Å²) in [6.45, 7) is 1.57. The highest BCUT2D eigenvalue weighted by molar-refractivity contribution is 5.74. The zero-order chi connectivity index (χ0) is 22.6. The van der Waals surface area contributed by atoms with Crippen LogP contribution < -0.4 is 0 Å². The first-order valence-electron chi connectivity index (χ1n) is 11.6. The molecule has 0 bridgehead atoms. The molecule has 0 saturated carbocycles. The van der Waals surface area contributed by atoms with Crippen molar-refractivity contribution in [1.82, 2.24) is 24.8 Å². The standard InChI is InChI=1S/C27H30N6/c1-32(2)19-29-22-14-12-20(13-15-22)17-33(18-26-30-23-9-3-4-10-24(23)31-26)25-11-5-7-21-8-6-16-28-27(21)25/h3-4,6,8-10,12-16,19,25H,5,7,11,17-18H2,1-2H3,(H,30,31)/b29-19+. The monoisotopic (exact) mass is 438 g/mol. The van der Waals surface area contributed by atoms with Gasteiger partial charge in [-0.25, -0.2) is 9.98 Å². The van der Waals surface area contributed by atoms with Crippen molar-refractivity contribution in [2.24, 2.45) is 4.99 Å². The van der Waals surface area contributed by atoms with Crippen LogP contribution in [-0.4, -0.2) is 45.2 Å². The highest BCUT2D eigenvalue weighted by Crippen LogP contribution is 2.34. The molecule has 1 unspecified atom stereocenters. The van der Waals surface area contributed by atoms with Crippen molar-refractivity contribution in [1.29, 1.82) is 0 Å². The Balaban J connectivity index is 1.44. The van der Waals surface area contributed by atoms with Crippen LogP contribution in [0.2, 0.25) is 0 Å². The quantitative estimate of drug-likeness (QED) is 0.316. The lowest BCUT2D eigenvalue weighted by molar-refractivity contribution is 0.153. The topological polar surface area (TPSA) is 60.4 Å². The molecule has 2 heterocycles. The Morgan fingerprint density at radius 1 is 1.03 bits per heavy atom. The van der Waals surface area contributed by atoms with E-state index in [0.29, 0.717) is 0 Å². The first-order chi connectivity index (χ1) is 16.2. The van der Waals surface area contributed by atoms with Crippen LogP contribution in [0.4, 0.5) is 5.69 Å². The van der Waals surface area contributed by atoms with Crippen molar-refractivity contribution in [2.75, 3.05) is 14.1 Å². The first-order valence-corrected chi connectivity index (χ1v) is 11.6. The van der Waals surface area contributed by atoms with Crippen molar-refractivity contribution < 1.29 is 0 Å². The molecule has 0 amide bonds. The Labute approximate surface area is 195 Å². The Hall–Kier alpha value is -3.51. The maximum absolute atomic E-state index is 4.86. The van der Waals surface area contributed by atoms with Crippen molar-refractivity contribution in [3.8, 4) is 0 Å². The van der Waals surface area contributed by atoms with E-state index in [4.69, 9.17) is 9.97 Å². The molecule has 0 radical (unpaired) electrons. The van der Waals surface area contributed by atoms with E-state index >= 15 is 0 Å². The summed E-state index contributed by atoms with van der Waals surface area (Å²) >= 11 is 0. The van der Waals surface area contributed by atoms with Crippen LogP contribution in [0.25, 0.3) is 11.0 Å². The maximum Gasteiger partial charge on any atom is 0.121 e. The van der Waals surface area contributed by atoms with Gasteiger partial charge in [-0.3, -0.25) is 9.88 Å². The number of aromatic nitrogens is 3. The van der Waals surface area contributed by atoms with Crippen molar-refractivity contribution >= 4 is 23.1 Å². The Bertz CT molecular complexity index is 1210. The van der Waals surface area contributed by atoms with Crippen LogP contribution in [0.15, 0.2) is 71.9 Å². The number of imidazole rings is 1. The summed E-state index contributed by atoms with van der Waals surface area (Å²) in [5.74, 6) is 0.992. The molecule has 33 heavy (non-hydrogen) atoms. The second-order valence-electron chi connectivity index (χ2n) is 8.94. The number of hydrogen-bond donors (Lipinski definition) is 1. The van der Waals surface area contributed by atoms with E-state index in [2.05, 4.69) is 63.4 Å². The number of nitrogens with one attached hydrogen (secondary N) is 1. The molecule has 0 saturated heterocycles. The van der Waals surface area contributed by atoms with Crippen LogP contribution in [0.5, 0.6) is 0 Å². The maximum atomic E-state index is 4.86. The number of hydrogen-bond acceptors (Lipinski definition) is 4. The normalized spacial score (nSPS) is 15.9. The fraction of sp³-hybridized carbons (Fsp3) is 0.296. The van der Waals surface area contributed by atoms with Crippen LogP contribution in [0, 0.1) is 0 Å². The molecule has 2 aromatic carbocycles. The van der Waals surface area contributed by atoms with Crippen molar-refractivity contribution in [3.05, 3.63) is 89.5 Å². The van der Waals surface area contributed by atoms with Gasteiger partial charge < -0.3 is 9.88 Å². The second-order valence-corrected chi connectivity index (χ2v) is 8.94. The molecule has 0 spiro atoms. The summed E-state index contributed by atoms with van der Waals surface area (Å²) < 4.78 is 0. The predicted octanol–water partition coefficient (Wildman–Crippen LogP) is 5.26. The summed E-state index contributed by atoms with van der Waals surface area (Å²) in [5.41, 5.74) is 6.90. The summed E-state index contributed by atoms with van der Waals surface area (Å²) in [6, 6.07) is 21.3. The van der Waals surface area contributed by atoms with E-state index in [1.807, 2.05) is 43.7 Å². The van der Waals surface area contributed by atoms with E-state index in [1.165, 1.54) is 23.2 Å². The van der Waals surface area contributed by atoms with Crippen LogP contribution in [0.3, 0.4) is 0 Å². The molecule has 0 fully saturated rings. The fourth-order valence-electron chi connectivity index (χ4n) is 4.59. The van der Waals surface area contributed by atoms with E-state index in [0.717, 1.165) is 48.5 Å². The third-order valence-electron chi connectivity index (χ3n) is 6.16. The SMILES string of the molecule is CN(C)/C=N/c1ccc(CN(Cc2nc3ccccc3[nH]2)C2CCCc3cccnc32)cc1. The van der Waals surface area contributed by atoms with Gasteiger partial charge in [-0.05, 0) is 60.7 Å². The van der Waals surface area contributed by atoms with Gasteiger partial charge in [0.15, 0.2) is 0 Å². The summed E-state index contributed by atoms with van der Waals surface area (Å²) in [7, 11) is 3.95. The number of aryl methyl sites for hydroxylation is 1. The van der Waals surface area contributed by atoms with E-state index in [1.54, 1.807) is 0 Å². The van der Waals surface area contributed by atoms with Gasteiger partial charge in [0.2, 0.25) is 0 Å². The molecule has 2 aromatic heterocycles. The molecule has 1 aliphatic rings. The molecule has 4 aromatic rings. The third-order valence-corrected chi connectivity index (χ3v) is 6.16. The molecular weight excluding hydrogens is 408 g/mol. The molecule has 6 nitrogen and oxygen atoms in total. The molecule has 6 heteroatoms. The zero-order valence-electron chi connectivity index (χ0n) is 19.3. The molecule has 1 aliphatic carbocycles. The average molecular weight is 439 g/mol. The lowest BCUT2D eigenvalue weighted by Crippen LogP contribution is -2.31. The average Bonchev–Trinajstić information content (AvgIpc) is 3.25. The summed E-state index contributed by atoms with van der Waals surface area (Å²) in [5, 5.41) is 0. The van der Waals surface area contributed by atoms with E-state index < -0.39 is 0 Å². The summed E-state index contributed by atoms with van der Waals surface area (Å²) in [6.07, 6.45) is 7.14. The highest BCUT2D eigenvalue weighted by atomic mass is 15.2. The second kappa shape index (κ2) is 9.55. The number of H-pyrrole nitrogens is 1. The van der Waals surface area contributed by atoms with Gasteiger partial charge in [-0.1, -0.05) is 30.3 Å². The Kier molecular flexibility index (Phi) is 6.17. The van der Waals surface area contributed by atoms with Gasteiger partial charge in [-0.2, -0.15) is 0 Å². The molecule has 5 rings (SSSR count). The molecule has 0 aliphatic heterocycles. The van der Waals surface area contributed by atoms with Crippen molar-refractivity contribution in [2.45, 2.75) is 38.4 Å². The number of nitrogens with zero attached hydrogens (tertiary/aromatic N) is 5. The largest absolute Gasteiger partial charge is 0.369 e. The van der Waals surface area contributed by atoms with Gasteiger partial charge in [-0.15, -0.1) is 0 Å². The minimum absolute atomic E-state index is 0.273. The van der Waals surface area contributed by atoms with Gasteiger partial charge in [0.05, 0.1) is 41.3 Å². The zero-order valence-corrected chi connectivity index (χ0v) is 19.3. The van der Waals surface area contributed by atoms with Crippen molar-refractivity contribution in [3.63, 3.8) is 0 Å². The first kappa shape index (κ1) is 21.3. The number of fused-ring (bicyclic) bond motifs is 2. The number of para-hydroxylation sites is 2. The van der Waals surface area contributed by atoms with Crippen LogP contribution >= 0.6 is 0 Å². The lowest BCUT2D eigenvalue weighted by atomic mass is 9.90. The van der Waals surface area contributed by atoms with Gasteiger partial charge in [0.25, 0.3) is 0 Å². The smallest absolute Gasteiger partial charge is 0.121 e. The van der Waals surface area contributed by atoms with Gasteiger partial charge in [0, 0.05) is 26.8 Å². The number of rotatable bonds is 7. The molecule has 1 atom stereocenters. The predicted molar refractivity (Wildman–Crippen MR) is 134 cm³/mol. The minimum atomic E-state index is 0.273. The minimum Gasteiger partial charge on any atom is -0.369 e. The third kappa shape index (κ3) is 4.96. The van der Waals surface area contributed by atoms with Gasteiger partial charge in [0.1, 0.15) is 5.82 Å². The highest BCUT2D eigenvalue weighted by Gasteiger charge is 2.28. The van der Waals surface area contributed by atoms with E-state index in [-0.39, 0.29) is 6.04 Å². The Morgan fingerprint density at radius 2 is 1.88 bits per heavy atom. The summed E-state index contributed by atoms with van der Waals surface area (Å²) in [4.78, 5) is 22.1. The Morgan fingerprint density at radius 3 is 2.70 bits per heavy atom. The molecular formula is C27H30N6. The number of aliphatic imine (C=N–C) groups is 1. The van der Waals surface area contributed by atoms with Gasteiger partial charge >= 0.3 is 0 Å². The number of benzene rings is 2. The lowest BCUT2D eigenvalue weighted by Gasteiger charge is -2.34. The van der Waals surface area contributed by atoms with Crippen LogP contribution in [-0.2, 0) is 19.5 Å². The van der Waals surface area contributed by atoms with E-state index in [9.17, 15) is 0 Å². The number of pyridine rings is 1. The molecule has 168 valence electrons.